The summed E-state index contributed by atoms with van der Waals surface area (Å²) in [5.74, 6) is 0.951. The Kier molecular flexibility index (Phi) is 3.05. The van der Waals surface area contributed by atoms with Crippen molar-refractivity contribution in [1.29, 1.82) is 0 Å². The summed E-state index contributed by atoms with van der Waals surface area (Å²) in [5.41, 5.74) is 1.38. The van der Waals surface area contributed by atoms with Crippen molar-refractivity contribution >= 4 is 5.78 Å². The van der Waals surface area contributed by atoms with Gasteiger partial charge in [-0.25, -0.2) is 0 Å². The van der Waals surface area contributed by atoms with Gasteiger partial charge in [-0.3, -0.25) is 9.18 Å². The number of hydrogen-bond donors (Lipinski definition) is 0. The van der Waals surface area contributed by atoms with Crippen molar-refractivity contribution in [2.45, 2.75) is 57.3 Å². The van der Waals surface area contributed by atoms with Crippen molar-refractivity contribution in [2.75, 3.05) is 6.67 Å². The first kappa shape index (κ1) is 14.4. The van der Waals surface area contributed by atoms with Crippen molar-refractivity contribution in [3.05, 3.63) is 35.9 Å². The van der Waals surface area contributed by atoms with Crippen molar-refractivity contribution in [3.8, 4) is 0 Å². The second kappa shape index (κ2) is 4.66. The lowest BCUT2D eigenvalue weighted by Crippen LogP contribution is -2.60. The molecule has 1 nitrogen and oxygen atoms in total. The Morgan fingerprint density at radius 1 is 1.14 bits per heavy atom. The number of halogens is 1. The van der Waals surface area contributed by atoms with Crippen molar-refractivity contribution in [1.82, 2.24) is 0 Å². The lowest BCUT2D eigenvalue weighted by molar-refractivity contribution is -0.160. The Labute approximate surface area is 132 Å². The summed E-state index contributed by atoms with van der Waals surface area (Å²) in [6.45, 7) is 1.53. The Balaban J connectivity index is 1.83. The minimum absolute atomic E-state index is 0.0652. The minimum Gasteiger partial charge on any atom is -0.299 e. The van der Waals surface area contributed by atoms with Gasteiger partial charge >= 0.3 is 0 Å². The fraction of sp³-hybridized carbons (Fsp3) is 0.650. The van der Waals surface area contributed by atoms with Gasteiger partial charge in [0, 0.05) is 5.41 Å². The van der Waals surface area contributed by atoms with Crippen molar-refractivity contribution in [2.24, 2.45) is 16.7 Å². The van der Waals surface area contributed by atoms with Crippen LogP contribution in [0.25, 0.3) is 0 Å². The standard InChI is InChI=1S/C20H25FO/c1-15(22)19-10-16-9-18(12-19,7-8-21)13-20(11-16,14-19)17-5-3-2-4-6-17/h2-6,16H,7-14H2,1H3/t16?,18-,19?,20+/m1/s1. The second-order valence-electron chi connectivity index (χ2n) is 8.43. The molecule has 1 aromatic carbocycles. The lowest BCUT2D eigenvalue weighted by atomic mass is 9.37. The zero-order valence-electron chi connectivity index (χ0n) is 13.4. The molecule has 118 valence electrons. The molecular formula is C20H25FO. The number of carbonyl (C=O) groups is 1. The third-order valence-corrected chi connectivity index (χ3v) is 6.94. The zero-order chi connectivity index (χ0) is 15.4. The lowest BCUT2D eigenvalue weighted by Gasteiger charge is -2.66. The molecule has 0 N–H and O–H groups in total. The predicted molar refractivity (Wildman–Crippen MR) is 85.5 cm³/mol. The van der Waals surface area contributed by atoms with E-state index in [0.717, 1.165) is 32.1 Å². The van der Waals surface area contributed by atoms with Gasteiger partial charge in [0.1, 0.15) is 5.78 Å². The van der Waals surface area contributed by atoms with Crippen LogP contribution in [0.5, 0.6) is 0 Å². The van der Waals surface area contributed by atoms with Crippen molar-refractivity contribution < 1.29 is 9.18 Å². The van der Waals surface area contributed by atoms with Crippen LogP contribution in [0.2, 0.25) is 0 Å². The average molecular weight is 300 g/mol. The van der Waals surface area contributed by atoms with Gasteiger partial charge in [0.2, 0.25) is 0 Å². The molecule has 1 aromatic rings. The fourth-order valence-electron chi connectivity index (χ4n) is 6.62. The van der Waals surface area contributed by atoms with Gasteiger partial charge in [-0.2, -0.15) is 0 Å². The molecule has 0 radical (unpaired) electrons. The van der Waals surface area contributed by atoms with E-state index in [9.17, 15) is 9.18 Å². The van der Waals surface area contributed by atoms with Crippen LogP contribution in [0, 0.1) is 16.7 Å². The van der Waals surface area contributed by atoms with Crippen LogP contribution in [0.1, 0.15) is 57.4 Å². The molecule has 4 fully saturated rings. The van der Waals surface area contributed by atoms with Crippen LogP contribution in [-0.4, -0.2) is 12.5 Å². The van der Waals surface area contributed by atoms with Crippen LogP contribution < -0.4 is 0 Å². The average Bonchev–Trinajstić information content (AvgIpc) is 2.46. The molecule has 2 unspecified atom stereocenters. The minimum atomic E-state index is -0.244. The van der Waals surface area contributed by atoms with Crippen LogP contribution >= 0.6 is 0 Å². The Bertz CT molecular complexity index is 597. The maximum atomic E-state index is 13.3. The van der Waals surface area contributed by atoms with E-state index in [4.69, 9.17) is 0 Å². The fourth-order valence-corrected chi connectivity index (χ4v) is 6.62. The molecule has 4 bridgehead atoms. The monoisotopic (exact) mass is 300 g/mol. The number of rotatable bonds is 4. The smallest absolute Gasteiger partial charge is 0.136 e. The van der Waals surface area contributed by atoms with Gasteiger partial charge < -0.3 is 0 Å². The second-order valence-corrected chi connectivity index (χ2v) is 8.43. The molecule has 0 saturated heterocycles. The summed E-state index contributed by atoms with van der Waals surface area (Å²) < 4.78 is 13.3. The first-order valence-electron chi connectivity index (χ1n) is 8.64. The highest BCUT2D eigenvalue weighted by atomic mass is 19.1. The van der Waals surface area contributed by atoms with E-state index < -0.39 is 0 Å². The summed E-state index contributed by atoms with van der Waals surface area (Å²) in [5, 5.41) is 0. The van der Waals surface area contributed by atoms with E-state index in [1.165, 1.54) is 12.0 Å². The van der Waals surface area contributed by atoms with E-state index >= 15 is 0 Å². The van der Waals surface area contributed by atoms with Crippen LogP contribution in [0.4, 0.5) is 4.39 Å². The molecule has 5 rings (SSSR count). The van der Waals surface area contributed by atoms with E-state index in [1.807, 2.05) is 0 Å². The highest BCUT2D eigenvalue weighted by molar-refractivity contribution is 5.83. The van der Waals surface area contributed by atoms with Crippen LogP contribution in [0.3, 0.4) is 0 Å². The molecule has 4 saturated carbocycles. The van der Waals surface area contributed by atoms with Gasteiger partial charge in [-0.1, -0.05) is 30.3 Å². The SMILES string of the molecule is CC(=O)C12CC3C[C@](CCF)(C1)C[C@@](c1ccccc1)(C3)C2. The van der Waals surface area contributed by atoms with Gasteiger partial charge in [-0.05, 0) is 74.2 Å². The highest BCUT2D eigenvalue weighted by Crippen LogP contribution is 2.71. The number of Topliss-reactive ketones (excluding diaryl/α,β-unsaturated/α-hetero) is 1. The number of benzene rings is 1. The summed E-state index contributed by atoms with van der Waals surface area (Å²) in [4.78, 5) is 12.5. The van der Waals surface area contributed by atoms with Gasteiger partial charge in [0.05, 0.1) is 6.67 Å². The number of ketones is 1. The number of carbonyl (C=O) groups excluding carboxylic acids is 1. The third-order valence-electron chi connectivity index (χ3n) is 6.94. The van der Waals surface area contributed by atoms with E-state index in [2.05, 4.69) is 30.3 Å². The molecule has 0 heterocycles. The van der Waals surface area contributed by atoms with Gasteiger partial charge in [0.15, 0.2) is 0 Å². The number of hydrogen-bond acceptors (Lipinski definition) is 1. The summed E-state index contributed by atoms with van der Waals surface area (Å²) in [6.07, 6.45) is 7.03. The van der Waals surface area contributed by atoms with E-state index in [1.54, 1.807) is 6.92 Å². The molecule has 4 aliphatic carbocycles. The van der Waals surface area contributed by atoms with Gasteiger partial charge in [0.25, 0.3) is 0 Å². The quantitative estimate of drug-likeness (QED) is 0.777. The molecule has 0 aromatic heterocycles. The van der Waals surface area contributed by atoms with Crippen LogP contribution in [-0.2, 0) is 10.2 Å². The Morgan fingerprint density at radius 3 is 2.59 bits per heavy atom. The summed E-state index contributed by atoms with van der Waals surface area (Å²) in [7, 11) is 0. The third kappa shape index (κ3) is 1.92. The maximum Gasteiger partial charge on any atom is 0.136 e. The molecule has 0 spiro atoms. The zero-order valence-corrected chi connectivity index (χ0v) is 13.4. The maximum absolute atomic E-state index is 13.3. The van der Waals surface area contributed by atoms with E-state index in [-0.39, 0.29) is 22.9 Å². The molecule has 4 aliphatic rings. The Hall–Kier alpha value is -1.18. The first-order valence-corrected chi connectivity index (χ1v) is 8.64. The highest BCUT2D eigenvalue weighted by Gasteiger charge is 2.64. The summed E-state index contributed by atoms with van der Waals surface area (Å²) >= 11 is 0. The predicted octanol–water partition coefficient (Wildman–Crippen LogP) is 4.84. The van der Waals surface area contributed by atoms with Crippen molar-refractivity contribution in [3.63, 3.8) is 0 Å². The largest absolute Gasteiger partial charge is 0.299 e. The van der Waals surface area contributed by atoms with Crippen LogP contribution in [0.15, 0.2) is 30.3 Å². The number of alkyl halides is 1. The molecule has 0 aliphatic heterocycles. The summed E-state index contributed by atoms with van der Waals surface area (Å²) in [6, 6.07) is 10.7. The molecule has 2 heteroatoms. The van der Waals surface area contributed by atoms with Gasteiger partial charge in [-0.15, -0.1) is 0 Å². The molecule has 22 heavy (non-hydrogen) atoms. The Morgan fingerprint density at radius 2 is 1.91 bits per heavy atom. The molecule has 4 atom stereocenters. The molecule has 0 amide bonds. The first-order chi connectivity index (χ1) is 10.5. The molecular weight excluding hydrogens is 275 g/mol. The normalized spacial score (nSPS) is 42.5. The van der Waals surface area contributed by atoms with E-state index in [0.29, 0.717) is 18.1 Å². The topological polar surface area (TPSA) is 17.1 Å².